The summed E-state index contributed by atoms with van der Waals surface area (Å²) >= 11 is 5.25. The molecule has 0 bridgehead atoms. The van der Waals surface area contributed by atoms with Gasteiger partial charge in [0, 0.05) is 19.2 Å². The van der Waals surface area contributed by atoms with E-state index in [-0.39, 0.29) is 11.9 Å². The molecule has 0 saturated carbocycles. The minimum atomic E-state index is -0.190. The van der Waals surface area contributed by atoms with E-state index in [1.54, 1.807) is 12.1 Å². The van der Waals surface area contributed by atoms with Crippen molar-refractivity contribution in [1.82, 2.24) is 10.2 Å². The first-order chi connectivity index (χ1) is 8.07. The van der Waals surface area contributed by atoms with Crippen LogP contribution in [0.2, 0.25) is 0 Å². The highest BCUT2D eigenvalue weighted by atomic mass is 32.1. The molecule has 1 N–H and O–H groups in total. The molecule has 0 saturated heterocycles. The van der Waals surface area contributed by atoms with Crippen molar-refractivity contribution < 1.29 is 4.39 Å². The standard InChI is InChI=1S/C13H19FN2S/c1-4-9-15-13(17)16(3)10(2)11-7-5-6-8-12(11)14/h5-8,10H,4,9H2,1-3H3,(H,15,17). The summed E-state index contributed by atoms with van der Waals surface area (Å²) < 4.78 is 13.6. The highest BCUT2D eigenvalue weighted by Gasteiger charge is 2.16. The fraction of sp³-hybridized carbons (Fsp3) is 0.462. The molecule has 1 aromatic rings. The Kier molecular flexibility index (Phi) is 5.35. The van der Waals surface area contributed by atoms with E-state index in [4.69, 9.17) is 12.2 Å². The van der Waals surface area contributed by atoms with Crippen molar-refractivity contribution in [3.63, 3.8) is 0 Å². The number of rotatable bonds is 4. The van der Waals surface area contributed by atoms with Crippen LogP contribution in [0.3, 0.4) is 0 Å². The van der Waals surface area contributed by atoms with Gasteiger partial charge in [0.05, 0.1) is 6.04 Å². The van der Waals surface area contributed by atoms with Gasteiger partial charge in [0.2, 0.25) is 0 Å². The topological polar surface area (TPSA) is 15.3 Å². The first-order valence-electron chi connectivity index (χ1n) is 5.83. The number of nitrogens with zero attached hydrogens (tertiary/aromatic N) is 1. The molecule has 94 valence electrons. The normalized spacial score (nSPS) is 12.0. The highest BCUT2D eigenvalue weighted by molar-refractivity contribution is 7.80. The number of nitrogens with one attached hydrogen (secondary N) is 1. The van der Waals surface area contributed by atoms with Crippen molar-refractivity contribution in [3.8, 4) is 0 Å². The van der Waals surface area contributed by atoms with Gasteiger partial charge in [-0.25, -0.2) is 4.39 Å². The lowest BCUT2D eigenvalue weighted by Gasteiger charge is -2.28. The molecule has 0 aliphatic rings. The average Bonchev–Trinajstić information content (AvgIpc) is 2.34. The van der Waals surface area contributed by atoms with Crippen molar-refractivity contribution in [1.29, 1.82) is 0 Å². The zero-order chi connectivity index (χ0) is 12.8. The van der Waals surface area contributed by atoms with Crippen LogP contribution in [0.1, 0.15) is 31.9 Å². The Morgan fingerprint density at radius 2 is 2.12 bits per heavy atom. The lowest BCUT2D eigenvalue weighted by Crippen LogP contribution is -2.39. The Hall–Kier alpha value is -1.16. The molecule has 1 unspecified atom stereocenters. The Bertz CT molecular complexity index is 381. The van der Waals surface area contributed by atoms with Gasteiger partial charge in [0.1, 0.15) is 5.82 Å². The van der Waals surface area contributed by atoms with Crippen LogP contribution < -0.4 is 5.32 Å². The molecule has 0 heterocycles. The Morgan fingerprint density at radius 3 is 2.71 bits per heavy atom. The van der Waals surface area contributed by atoms with Gasteiger partial charge in [-0.1, -0.05) is 25.1 Å². The van der Waals surface area contributed by atoms with Crippen LogP contribution in [-0.2, 0) is 0 Å². The number of hydrogen-bond donors (Lipinski definition) is 1. The first kappa shape index (κ1) is 13.9. The Labute approximate surface area is 108 Å². The summed E-state index contributed by atoms with van der Waals surface area (Å²) in [6.07, 6.45) is 1.02. The van der Waals surface area contributed by atoms with E-state index >= 15 is 0 Å². The van der Waals surface area contributed by atoms with Crippen molar-refractivity contribution in [2.75, 3.05) is 13.6 Å². The van der Waals surface area contributed by atoms with Crippen LogP contribution in [0.25, 0.3) is 0 Å². The fourth-order valence-electron chi connectivity index (χ4n) is 1.56. The van der Waals surface area contributed by atoms with Crippen molar-refractivity contribution >= 4 is 17.3 Å². The summed E-state index contributed by atoms with van der Waals surface area (Å²) in [7, 11) is 1.88. The molecule has 4 heteroatoms. The second-order valence-corrected chi connectivity index (χ2v) is 4.43. The van der Waals surface area contributed by atoms with Gasteiger partial charge in [-0.2, -0.15) is 0 Å². The van der Waals surface area contributed by atoms with Crippen LogP contribution in [0.15, 0.2) is 24.3 Å². The number of thiocarbonyl (C=S) groups is 1. The van der Waals surface area contributed by atoms with Gasteiger partial charge in [0.25, 0.3) is 0 Å². The van der Waals surface area contributed by atoms with Crippen LogP contribution in [-0.4, -0.2) is 23.6 Å². The predicted octanol–water partition coefficient (Wildman–Crippen LogP) is 3.10. The molecule has 0 amide bonds. The predicted molar refractivity (Wildman–Crippen MR) is 73.5 cm³/mol. The smallest absolute Gasteiger partial charge is 0.169 e. The molecule has 1 rings (SSSR count). The number of halogens is 1. The number of benzene rings is 1. The van der Waals surface area contributed by atoms with E-state index < -0.39 is 0 Å². The first-order valence-corrected chi connectivity index (χ1v) is 6.23. The molecule has 1 atom stereocenters. The van der Waals surface area contributed by atoms with Crippen molar-refractivity contribution in [2.24, 2.45) is 0 Å². The SMILES string of the molecule is CCCNC(=S)N(C)C(C)c1ccccc1F. The number of hydrogen-bond acceptors (Lipinski definition) is 1. The lowest BCUT2D eigenvalue weighted by atomic mass is 10.1. The van der Waals surface area contributed by atoms with E-state index in [0.29, 0.717) is 10.7 Å². The van der Waals surface area contributed by atoms with E-state index in [9.17, 15) is 4.39 Å². The largest absolute Gasteiger partial charge is 0.363 e. The monoisotopic (exact) mass is 254 g/mol. The quantitative estimate of drug-likeness (QED) is 0.831. The van der Waals surface area contributed by atoms with Crippen LogP contribution in [0.4, 0.5) is 4.39 Å². The zero-order valence-corrected chi connectivity index (χ0v) is 11.4. The summed E-state index contributed by atoms with van der Waals surface area (Å²) in [6.45, 7) is 4.86. The summed E-state index contributed by atoms with van der Waals surface area (Å²) in [6, 6.07) is 6.72. The molecular formula is C13H19FN2S. The van der Waals surface area contributed by atoms with Crippen LogP contribution >= 0.6 is 12.2 Å². The van der Waals surface area contributed by atoms with Gasteiger partial charge in [-0.15, -0.1) is 0 Å². The van der Waals surface area contributed by atoms with Gasteiger partial charge >= 0.3 is 0 Å². The molecule has 2 nitrogen and oxygen atoms in total. The van der Waals surface area contributed by atoms with Crippen LogP contribution in [0.5, 0.6) is 0 Å². The third-order valence-corrected chi connectivity index (χ3v) is 3.22. The maximum Gasteiger partial charge on any atom is 0.169 e. The minimum Gasteiger partial charge on any atom is -0.363 e. The molecule has 0 spiro atoms. The Balaban J connectivity index is 2.72. The zero-order valence-electron chi connectivity index (χ0n) is 10.5. The second-order valence-electron chi connectivity index (χ2n) is 4.04. The molecule has 0 aromatic heterocycles. The molecule has 0 fully saturated rings. The molecule has 1 aromatic carbocycles. The Morgan fingerprint density at radius 1 is 1.47 bits per heavy atom. The highest BCUT2D eigenvalue weighted by Crippen LogP contribution is 2.21. The summed E-state index contributed by atoms with van der Waals surface area (Å²) in [5, 5.41) is 3.79. The lowest BCUT2D eigenvalue weighted by molar-refractivity contribution is 0.383. The maximum atomic E-state index is 13.6. The third kappa shape index (κ3) is 3.66. The van der Waals surface area contributed by atoms with E-state index in [1.807, 2.05) is 24.9 Å². The van der Waals surface area contributed by atoms with Crippen molar-refractivity contribution in [2.45, 2.75) is 26.3 Å². The van der Waals surface area contributed by atoms with Crippen LogP contribution in [0, 0.1) is 5.82 Å². The summed E-state index contributed by atoms with van der Waals surface area (Å²) in [4.78, 5) is 1.88. The van der Waals surface area contributed by atoms with E-state index in [1.165, 1.54) is 6.07 Å². The second kappa shape index (κ2) is 6.55. The molecule has 0 aliphatic heterocycles. The van der Waals surface area contributed by atoms with Crippen molar-refractivity contribution in [3.05, 3.63) is 35.6 Å². The third-order valence-electron chi connectivity index (χ3n) is 2.78. The molecular weight excluding hydrogens is 235 g/mol. The van der Waals surface area contributed by atoms with Gasteiger partial charge < -0.3 is 10.2 Å². The summed E-state index contributed by atoms with van der Waals surface area (Å²) in [5.41, 5.74) is 0.663. The maximum absolute atomic E-state index is 13.6. The van der Waals surface area contributed by atoms with E-state index in [0.717, 1.165) is 13.0 Å². The van der Waals surface area contributed by atoms with E-state index in [2.05, 4.69) is 12.2 Å². The summed E-state index contributed by atoms with van der Waals surface area (Å²) in [5.74, 6) is -0.190. The van der Waals surface area contributed by atoms with Gasteiger partial charge in [-0.3, -0.25) is 0 Å². The molecule has 0 aliphatic carbocycles. The minimum absolute atomic E-state index is 0.0759. The fourth-order valence-corrected chi connectivity index (χ4v) is 1.82. The molecule has 17 heavy (non-hydrogen) atoms. The molecule has 0 radical (unpaired) electrons. The van der Waals surface area contributed by atoms with Gasteiger partial charge in [0.15, 0.2) is 5.11 Å². The van der Waals surface area contributed by atoms with Gasteiger partial charge in [-0.05, 0) is 31.6 Å². The average molecular weight is 254 g/mol.